The molecular formula is C11H10F3NO3. The molecule has 0 fully saturated rings. The highest BCUT2D eigenvalue weighted by Crippen LogP contribution is 2.14. The third-order valence-electron chi connectivity index (χ3n) is 2.23. The van der Waals surface area contributed by atoms with E-state index in [1.165, 1.54) is 7.05 Å². The molecular weight excluding hydrogens is 251 g/mol. The number of likely N-dealkylation sites (N-methyl/N-ethyl adjacent to an activating group) is 1. The Hall–Kier alpha value is -2.05. The Bertz CT molecular complexity index is 491. The van der Waals surface area contributed by atoms with Crippen molar-refractivity contribution in [3.63, 3.8) is 0 Å². The van der Waals surface area contributed by atoms with Crippen LogP contribution in [0.1, 0.15) is 5.56 Å². The Morgan fingerprint density at radius 2 is 1.72 bits per heavy atom. The van der Waals surface area contributed by atoms with Crippen LogP contribution in [0.15, 0.2) is 12.1 Å². The average molecular weight is 261 g/mol. The molecule has 0 aromatic heterocycles. The van der Waals surface area contributed by atoms with Gasteiger partial charge in [0, 0.05) is 18.7 Å². The van der Waals surface area contributed by atoms with E-state index >= 15 is 0 Å². The first-order chi connectivity index (χ1) is 8.31. The third-order valence-corrected chi connectivity index (χ3v) is 2.23. The highest BCUT2D eigenvalue weighted by Gasteiger charge is 2.17. The van der Waals surface area contributed by atoms with Crippen molar-refractivity contribution >= 4 is 11.9 Å². The van der Waals surface area contributed by atoms with Crippen molar-refractivity contribution in [3.05, 3.63) is 35.1 Å². The first-order valence-electron chi connectivity index (χ1n) is 4.90. The van der Waals surface area contributed by atoms with Gasteiger partial charge in [-0.1, -0.05) is 0 Å². The monoisotopic (exact) mass is 261 g/mol. The Balaban J connectivity index is 2.82. The fraction of sp³-hybridized carbons (Fsp3) is 0.273. The number of amides is 1. The van der Waals surface area contributed by atoms with E-state index in [1.807, 2.05) is 0 Å². The lowest BCUT2D eigenvalue weighted by Crippen LogP contribution is -2.33. The van der Waals surface area contributed by atoms with E-state index in [4.69, 9.17) is 5.11 Å². The summed E-state index contributed by atoms with van der Waals surface area (Å²) < 4.78 is 38.7. The van der Waals surface area contributed by atoms with E-state index < -0.39 is 42.3 Å². The molecule has 0 aliphatic carbocycles. The molecule has 0 saturated heterocycles. The van der Waals surface area contributed by atoms with Crippen molar-refractivity contribution in [2.24, 2.45) is 0 Å². The van der Waals surface area contributed by atoms with E-state index in [2.05, 4.69) is 0 Å². The molecule has 0 saturated carbocycles. The van der Waals surface area contributed by atoms with Gasteiger partial charge in [-0.15, -0.1) is 0 Å². The molecule has 0 atom stereocenters. The Labute approximate surface area is 101 Å². The van der Waals surface area contributed by atoms with Gasteiger partial charge in [0.05, 0.1) is 6.42 Å². The lowest BCUT2D eigenvalue weighted by molar-refractivity contribution is -0.143. The van der Waals surface area contributed by atoms with Crippen LogP contribution in [-0.2, 0) is 16.0 Å². The number of carboxylic acids is 1. The topological polar surface area (TPSA) is 57.6 Å². The summed E-state index contributed by atoms with van der Waals surface area (Å²) in [6.07, 6.45) is -0.535. The number of carbonyl (C=O) groups is 2. The summed E-state index contributed by atoms with van der Waals surface area (Å²) in [6.45, 7) is -0.551. The second kappa shape index (κ2) is 5.52. The summed E-state index contributed by atoms with van der Waals surface area (Å²) in [4.78, 5) is 22.7. The minimum absolute atomic E-state index is 0.323. The van der Waals surface area contributed by atoms with Gasteiger partial charge in [0.1, 0.15) is 12.4 Å². The van der Waals surface area contributed by atoms with Crippen LogP contribution in [0, 0.1) is 17.5 Å². The fourth-order valence-electron chi connectivity index (χ4n) is 1.29. The molecule has 4 nitrogen and oxygen atoms in total. The van der Waals surface area contributed by atoms with Crippen molar-refractivity contribution < 1.29 is 27.9 Å². The summed E-state index contributed by atoms with van der Waals surface area (Å²) >= 11 is 0. The minimum Gasteiger partial charge on any atom is -0.480 e. The molecule has 0 unspecified atom stereocenters. The molecule has 0 aliphatic rings. The van der Waals surface area contributed by atoms with Gasteiger partial charge in [-0.2, -0.15) is 0 Å². The van der Waals surface area contributed by atoms with Gasteiger partial charge >= 0.3 is 5.97 Å². The number of carboxylic acid groups (broad SMARTS) is 1. The molecule has 7 heteroatoms. The van der Waals surface area contributed by atoms with Crippen LogP contribution >= 0.6 is 0 Å². The van der Waals surface area contributed by atoms with Crippen molar-refractivity contribution in [1.29, 1.82) is 0 Å². The molecule has 1 aromatic carbocycles. The predicted molar refractivity (Wildman–Crippen MR) is 55.3 cm³/mol. The second-order valence-electron chi connectivity index (χ2n) is 3.68. The van der Waals surface area contributed by atoms with Gasteiger partial charge in [0.25, 0.3) is 0 Å². The molecule has 18 heavy (non-hydrogen) atoms. The van der Waals surface area contributed by atoms with Gasteiger partial charge in [-0.25, -0.2) is 13.2 Å². The van der Waals surface area contributed by atoms with Gasteiger partial charge in [-0.3, -0.25) is 9.59 Å². The highest BCUT2D eigenvalue weighted by molar-refractivity contribution is 5.82. The summed E-state index contributed by atoms with van der Waals surface area (Å²) in [6, 6.07) is 0.923. The Morgan fingerprint density at radius 3 is 2.28 bits per heavy atom. The van der Waals surface area contributed by atoms with Gasteiger partial charge < -0.3 is 10.0 Å². The van der Waals surface area contributed by atoms with Crippen molar-refractivity contribution in [2.75, 3.05) is 13.6 Å². The number of hydrogen-bond acceptors (Lipinski definition) is 2. The van der Waals surface area contributed by atoms with E-state index in [0.29, 0.717) is 12.1 Å². The minimum atomic E-state index is -1.34. The molecule has 0 aliphatic heterocycles. The van der Waals surface area contributed by atoms with Crippen LogP contribution < -0.4 is 0 Å². The number of hydrogen-bond donors (Lipinski definition) is 1. The molecule has 0 bridgehead atoms. The summed E-state index contributed by atoms with van der Waals surface area (Å²) in [5, 5.41) is 8.46. The van der Waals surface area contributed by atoms with Gasteiger partial charge in [0.2, 0.25) is 5.91 Å². The van der Waals surface area contributed by atoms with Crippen LogP contribution in [0.25, 0.3) is 0 Å². The summed E-state index contributed by atoms with van der Waals surface area (Å²) in [7, 11) is 1.22. The van der Waals surface area contributed by atoms with Crippen molar-refractivity contribution in [2.45, 2.75) is 6.42 Å². The zero-order valence-corrected chi connectivity index (χ0v) is 9.41. The van der Waals surface area contributed by atoms with Crippen molar-refractivity contribution in [3.8, 4) is 0 Å². The first-order valence-corrected chi connectivity index (χ1v) is 4.90. The number of halogens is 3. The first kappa shape index (κ1) is 14.0. The molecule has 0 radical (unpaired) electrons. The van der Waals surface area contributed by atoms with E-state index in [0.717, 1.165) is 4.90 Å². The number of nitrogens with zero attached hydrogens (tertiary/aromatic N) is 1. The summed E-state index contributed by atoms with van der Waals surface area (Å²) in [5.41, 5.74) is -0.323. The fourth-order valence-corrected chi connectivity index (χ4v) is 1.29. The predicted octanol–water partition coefficient (Wildman–Crippen LogP) is 1.19. The van der Waals surface area contributed by atoms with Crippen LogP contribution in [0.3, 0.4) is 0 Å². The number of benzene rings is 1. The molecule has 1 aromatic rings. The molecule has 0 spiro atoms. The molecule has 0 heterocycles. The molecule has 1 amide bonds. The average Bonchev–Trinajstić information content (AvgIpc) is 2.24. The Kier molecular flexibility index (Phi) is 4.30. The quantitative estimate of drug-likeness (QED) is 0.828. The normalized spacial score (nSPS) is 10.2. The van der Waals surface area contributed by atoms with Gasteiger partial charge in [-0.05, 0) is 6.07 Å². The summed E-state index contributed by atoms with van der Waals surface area (Å²) in [5.74, 6) is -5.59. The van der Waals surface area contributed by atoms with Crippen molar-refractivity contribution in [1.82, 2.24) is 4.90 Å². The van der Waals surface area contributed by atoms with Crippen LogP contribution in [0.4, 0.5) is 13.2 Å². The van der Waals surface area contributed by atoms with Crippen LogP contribution in [0.5, 0.6) is 0 Å². The second-order valence-corrected chi connectivity index (χ2v) is 3.68. The largest absolute Gasteiger partial charge is 0.480 e. The molecule has 1 rings (SSSR count). The zero-order chi connectivity index (χ0) is 13.9. The molecule has 1 N–H and O–H groups in total. The maximum atomic E-state index is 13.2. The lowest BCUT2D eigenvalue weighted by Gasteiger charge is -2.14. The van der Waals surface area contributed by atoms with Gasteiger partial charge in [0.15, 0.2) is 11.6 Å². The number of carbonyl (C=O) groups excluding carboxylic acids is 1. The Morgan fingerprint density at radius 1 is 1.17 bits per heavy atom. The maximum absolute atomic E-state index is 13.2. The maximum Gasteiger partial charge on any atom is 0.323 e. The lowest BCUT2D eigenvalue weighted by atomic mass is 10.1. The number of rotatable bonds is 4. The van der Waals surface area contributed by atoms with Crippen LogP contribution in [0.2, 0.25) is 0 Å². The molecule has 98 valence electrons. The smallest absolute Gasteiger partial charge is 0.323 e. The van der Waals surface area contributed by atoms with Crippen LogP contribution in [-0.4, -0.2) is 35.5 Å². The SMILES string of the molecule is CN(CC(=O)O)C(=O)Cc1cc(F)c(F)cc1F. The number of aliphatic carboxylic acids is 1. The standard InChI is InChI=1S/C11H10F3NO3/c1-15(5-11(17)18)10(16)3-6-2-8(13)9(14)4-7(6)12/h2,4H,3,5H2,1H3,(H,17,18). The van der Waals surface area contributed by atoms with E-state index in [-0.39, 0.29) is 5.56 Å². The zero-order valence-electron chi connectivity index (χ0n) is 9.41. The van der Waals surface area contributed by atoms with E-state index in [1.54, 1.807) is 0 Å². The third kappa shape index (κ3) is 3.47. The van der Waals surface area contributed by atoms with E-state index in [9.17, 15) is 22.8 Å². The highest BCUT2D eigenvalue weighted by atomic mass is 19.2.